The summed E-state index contributed by atoms with van der Waals surface area (Å²) in [7, 11) is 0. The first-order chi connectivity index (χ1) is 11.6. The predicted molar refractivity (Wildman–Crippen MR) is 89.9 cm³/mol. The fraction of sp³-hybridized carbons (Fsp3) is 0.0556. The van der Waals surface area contributed by atoms with Gasteiger partial charge in [-0.05, 0) is 36.4 Å². The molecule has 3 rings (SSSR count). The summed E-state index contributed by atoms with van der Waals surface area (Å²) in [6.07, 6.45) is 1.61. The molecule has 1 aromatic heterocycles. The van der Waals surface area contributed by atoms with Crippen molar-refractivity contribution in [2.24, 2.45) is 0 Å². The summed E-state index contributed by atoms with van der Waals surface area (Å²) in [4.78, 5) is 12.8. The van der Waals surface area contributed by atoms with E-state index in [-0.39, 0.29) is 11.4 Å². The van der Waals surface area contributed by atoms with Gasteiger partial charge in [-0.1, -0.05) is 12.1 Å². The summed E-state index contributed by atoms with van der Waals surface area (Å²) in [6.45, 7) is 0. The van der Waals surface area contributed by atoms with E-state index < -0.39 is 17.5 Å². The third-order valence-electron chi connectivity index (χ3n) is 3.23. The Morgan fingerprint density at radius 2 is 1.88 bits per heavy atom. The fourth-order valence-electron chi connectivity index (χ4n) is 2.09. The van der Waals surface area contributed by atoms with E-state index in [2.05, 4.69) is 5.32 Å². The number of carbonyl (C=O) groups is 1. The van der Waals surface area contributed by atoms with E-state index >= 15 is 0 Å². The zero-order valence-electron chi connectivity index (χ0n) is 12.5. The number of furan rings is 1. The fourth-order valence-corrected chi connectivity index (χ4v) is 2.79. The first-order valence-electron chi connectivity index (χ1n) is 7.13. The van der Waals surface area contributed by atoms with E-state index in [4.69, 9.17) is 4.42 Å². The lowest BCUT2D eigenvalue weighted by molar-refractivity contribution is -0.113. The van der Waals surface area contributed by atoms with Crippen LogP contribution in [0.1, 0.15) is 0 Å². The summed E-state index contributed by atoms with van der Waals surface area (Å²) in [5, 5.41) is 2.37. The van der Waals surface area contributed by atoms with Crippen LogP contribution in [0, 0.1) is 11.6 Å². The van der Waals surface area contributed by atoms with Crippen LogP contribution in [0.3, 0.4) is 0 Å². The highest BCUT2D eigenvalue weighted by Gasteiger charge is 2.09. The van der Waals surface area contributed by atoms with Gasteiger partial charge in [-0.25, -0.2) is 8.78 Å². The Balaban J connectivity index is 1.57. The van der Waals surface area contributed by atoms with Gasteiger partial charge in [0.1, 0.15) is 17.4 Å². The van der Waals surface area contributed by atoms with Crippen LogP contribution >= 0.6 is 11.8 Å². The highest BCUT2D eigenvalue weighted by molar-refractivity contribution is 8.00. The van der Waals surface area contributed by atoms with Gasteiger partial charge in [0.2, 0.25) is 5.91 Å². The van der Waals surface area contributed by atoms with Gasteiger partial charge < -0.3 is 9.73 Å². The van der Waals surface area contributed by atoms with Crippen molar-refractivity contribution in [2.45, 2.75) is 4.90 Å². The monoisotopic (exact) mass is 345 g/mol. The number of anilines is 1. The van der Waals surface area contributed by atoms with Crippen molar-refractivity contribution in [1.82, 2.24) is 0 Å². The summed E-state index contributed by atoms with van der Waals surface area (Å²) in [5.41, 5.74) is 0.782. The molecule has 0 fully saturated rings. The molecule has 0 aliphatic heterocycles. The van der Waals surface area contributed by atoms with Crippen LogP contribution in [0.15, 0.2) is 70.2 Å². The Labute approximate surface area is 141 Å². The van der Waals surface area contributed by atoms with Crippen molar-refractivity contribution in [2.75, 3.05) is 11.1 Å². The van der Waals surface area contributed by atoms with Crippen molar-refractivity contribution in [3.05, 3.63) is 72.5 Å². The smallest absolute Gasteiger partial charge is 0.234 e. The number of amides is 1. The van der Waals surface area contributed by atoms with Crippen LogP contribution in [0.2, 0.25) is 0 Å². The lowest BCUT2D eigenvalue weighted by Crippen LogP contribution is -2.15. The lowest BCUT2D eigenvalue weighted by atomic mass is 10.2. The average molecular weight is 345 g/mol. The van der Waals surface area contributed by atoms with E-state index in [0.29, 0.717) is 0 Å². The van der Waals surface area contributed by atoms with Gasteiger partial charge in [0.15, 0.2) is 0 Å². The third-order valence-corrected chi connectivity index (χ3v) is 4.24. The van der Waals surface area contributed by atoms with Crippen molar-refractivity contribution in [3.63, 3.8) is 0 Å². The second-order valence-electron chi connectivity index (χ2n) is 4.96. The molecule has 2 aromatic carbocycles. The summed E-state index contributed by atoms with van der Waals surface area (Å²) in [6, 6.07) is 14.1. The van der Waals surface area contributed by atoms with E-state index in [9.17, 15) is 13.6 Å². The van der Waals surface area contributed by atoms with Crippen LogP contribution in [0.25, 0.3) is 11.3 Å². The normalized spacial score (nSPS) is 10.6. The molecule has 0 bridgehead atoms. The molecule has 1 N–H and O–H groups in total. The number of hydrogen-bond acceptors (Lipinski definition) is 3. The topological polar surface area (TPSA) is 42.2 Å². The molecule has 24 heavy (non-hydrogen) atoms. The number of halogens is 2. The lowest BCUT2D eigenvalue weighted by Gasteiger charge is -2.07. The molecule has 0 radical (unpaired) electrons. The molecule has 6 heteroatoms. The Morgan fingerprint density at radius 1 is 1.08 bits per heavy atom. The molecule has 0 spiro atoms. The number of thioether (sulfide) groups is 1. The quantitative estimate of drug-likeness (QED) is 0.665. The van der Waals surface area contributed by atoms with Gasteiger partial charge in [-0.15, -0.1) is 11.8 Å². The summed E-state index contributed by atoms with van der Waals surface area (Å²) < 4.78 is 31.9. The molecular weight excluding hydrogens is 332 g/mol. The van der Waals surface area contributed by atoms with Gasteiger partial charge in [-0.3, -0.25) is 4.79 Å². The maximum absolute atomic E-state index is 13.5. The Hall–Kier alpha value is -2.60. The molecule has 122 valence electrons. The van der Waals surface area contributed by atoms with E-state index in [1.54, 1.807) is 6.26 Å². The molecule has 0 aliphatic rings. The standard InChI is InChI=1S/C18H13F2NO2S/c19-13-5-8-15(20)16(10-13)21-18(22)11-24-14-6-3-12(4-7-14)17-2-1-9-23-17/h1-10H,11H2,(H,21,22). The predicted octanol–water partition coefficient (Wildman–Crippen LogP) is 4.96. The molecule has 1 amide bonds. The van der Waals surface area contributed by atoms with Gasteiger partial charge in [0.05, 0.1) is 17.7 Å². The van der Waals surface area contributed by atoms with Crippen LogP contribution in [0.5, 0.6) is 0 Å². The third kappa shape index (κ3) is 4.02. The van der Waals surface area contributed by atoms with E-state index in [1.165, 1.54) is 11.8 Å². The van der Waals surface area contributed by atoms with Crippen LogP contribution < -0.4 is 5.32 Å². The van der Waals surface area contributed by atoms with E-state index in [0.717, 1.165) is 34.4 Å². The van der Waals surface area contributed by atoms with Crippen molar-refractivity contribution in [3.8, 4) is 11.3 Å². The molecule has 0 saturated carbocycles. The number of benzene rings is 2. The van der Waals surface area contributed by atoms with Gasteiger partial charge in [0, 0.05) is 16.5 Å². The zero-order chi connectivity index (χ0) is 16.9. The molecule has 0 saturated heterocycles. The number of rotatable bonds is 5. The second-order valence-corrected chi connectivity index (χ2v) is 6.01. The van der Waals surface area contributed by atoms with Crippen molar-refractivity contribution in [1.29, 1.82) is 0 Å². The molecule has 3 nitrogen and oxygen atoms in total. The Morgan fingerprint density at radius 3 is 2.58 bits per heavy atom. The highest BCUT2D eigenvalue weighted by Crippen LogP contribution is 2.25. The maximum atomic E-state index is 13.5. The summed E-state index contributed by atoms with van der Waals surface area (Å²) in [5.74, 6) is -0.813. The molecule has 0 aliphatic carbocycles. The minimum atomic E-state index is -0.669. The van der Waals surface area contributed by atoms with Crippen molar-refractivity contribution >= 4 is 23.4 Å². The maximum Gasteiger partial charge on any atom is 0.234 e. The molecule has 1 heterocycles. The average Bonchev–Trinajstić information content (AvgIpc) is 3.11. The molecule has 3 aromatic rings. The second kappa shape index (κ2) is 7.31. The Kier molecular flexibility index (Phi) is 4.96. The van der Waals surface area contributed by atoms with Gasteiger partial charge in [-0.2, -0.15) is 0 Å². The molecule has 0 atom stereocenters. The number of nitrogens with one attached hydrogen (secondary N) is 1. The largest absolute Gasteiger partial charge is 0.464 e. The minimum Gasteiger partial charge on any atom is -0.464 e. The van der Waals surface area contributed by atoms with Crippen LogP contribution in [-0.2, 0) is 4.79 Å². The highest BCUT2D eigenvalue weighted by atomic mass is 32.2. The molecular formula is C18H13F2NO2S. The molecule has 0 unspecified atom stereocenters. The van der Waals surface area contributed by atoms with E-state index in [1.807, 2.05) is 36.4 Å². The number of hydrogen-bond donors (Lipinski definition) is 1. The van der Waals surface area contributed by atoms with Gasteiger partial charge in [0.25, 0.3) is 0 Å². The SMILES string of the molecule is O=C(CSc1ccc(-c2ccco2)cc1)Nc1cc(F)ccc1F. The van der Waals surface area contributed by atoms with Gasteiger partial charge >= 0.3 is 0 Å². The Bertz CT molecular complexity index is 833. The van der Waals surface area contributed by atoms with Crippen LogP contribution in [-0.4, -0.2) is 11.7 Å². The number of carbonyl (C=O) groups excluding carboxylic acids is 1. The van der Waals surface area contributed by atoms with Crippen LogP contribution in [0.4, 0.5) is 14.5 Å². The minimum absolute atomic E-state index is 0.0933. The van der Waals surface area contributed by atoms with Crippen molar-refractivity contribution < 1.29 is 18.0 Å². The first-order valence-corrected chi connectivity index (χ1v) is 8.12. The zero-order valence-corrected chi connectivity index (χ0v) is 13.3. The first kappa shape index (κ1) is 16.3. The summed E-state index contributed by atoms with van der Waals surface area (Å²) >= 11 is 1.30.